The van der Waals surface area contributed by atoms with Crippen molar-refractivity contribution in [3.8, 4) is 23.0 Å². The summed E-state index contributed by atoms with van der Waals surface area (Å²) < 4.78 is 53.1. The Balaban J connectivity index is 0.718. The molecule has 0 unspecified atom stereocenters. The number of imide groups is 1. The lowest BCUT2D eigenvalue weighted by Gasteiger charge is -2.40. The molecule has 11 rings (SSSR count). The van der Waals surface area contributed by atoms with Crippen LogP contribution in [0.1, 0.15) is 74.2 Å². The minimum atomic E-state index is -1.18. The molecule has 6 aliphatic rings. The highest BCUT2D eigenvalue weighted by molar-refractivity contribution is 6.05. The van der Waals surface area contributed by atoms with Crippen molar-refractivity contribution in [3.05, 3.63) is 77.2 Å². The molecule has 5 aromatic rings. The Kier molecular flexibility index (Phi) is 11.6. The second-order valence-electron chi connectivity index (χ2n) is 20.5. The zero-order valence-corrected chi connectivity index (χ0v) is 38.7. The first kappa shape index (κ1) is 45.3. The molecule has 0 spiro atoms. The average molecular weight is 948 g/mol. The highest BCUT2D eigenvalue weighted by Crippen LogP contribution is 2.47. The van der Waals surface area contributed by atoms with Crippen LogP contribution in [0.4, 0.5) is 24.7 Å². The molecular formula is C51H56F3N9O6. The van der Waals surface area contributed by atoms with E-state index in [9.17, 15) is 29.0 Å². The number of ether oxygens (including phenoxy) is 1. The number of aliphatic hydroxyl groups is 1. The molecule has 15 nitrogen and oxygen atoms in total. The van der Waals surface area contributed by atoms with Gasteiger partial charge in [-0.3, -0.25) is 29.6 Å². The number of nitrogens with zero attached hydrogens (tertiary/aromatic N) is 8. The van der Waals surface area contributed by atoms with Crippen LogP contribution in [0.2, 0.25) is 0 Å². The Morgan fingerprint density at radius 1 is 0.855 bits per heavy atom. The van der Waals surface area contributed by atoms with E-state index in [1.165, 1.54) is 18.3 Å². The fraction of sp³-hybridized carbons (Fsp3) is 0.490. The number of carbonyl (C=O) groups excluding carboxylic acids is 3. The molecule has 3 aromatic carbocycles. The molecule has 18 heteroatoms. The molecule has 0 radical (unpaired) electrons. The standard InChI is InChI=1S/C51H56F3N9O6/c1-50(68)11-2-14-62(27-50)46-37-24-55-44(36-23-34(64)22-31-3-6-38(52)42(53)41(31)36)43(54)45(37)57-49(58-46)69-29-51(12-13-51)28-60-15-9-30(10-16-60)25-59-17-19-61(20-18-59)33-4-5-35-32(21-33)26-63(48(35)67)39-7-8-40(65)56-47(39)66/h3-6,21-24,30,39,64,68H,2,7-20,25-29H2,1H3,(H,56,65,66)/t39-,50+/m0/s1. The summed E-state index contributed by atoms with van der Waals surface area (Å²) in [4.78, 5) is 62.1. The van der Waals surface area contributed by atoms with E-state index in [1.54, 1.807) is 11.8 Å². The van der Waals surface area contributed by atoms with Crippen LogP contribution in [0.25, 0.3) is 32.9 Å². The number of aromatic hydroxyl groups is 1. The molecule has 2 aromatic heterocycles. The van der Waals surface area contributed by atoms with Crippen LogP contribution in [0.3, 0.4) is 0 Å². The number of β-amino-alcohol motifs (C(OH)–C–C–N with tert-alkyl or cyclic N) is 1. The number of aromatic nitrogens is 3. The van der Waals surface area contributed by atoms with E-state index in [0.29, 0.717) is 56.3 Å². The van der Waals surface area contributed by atoms with Crippen molar-refractivity contribution in [3.63, 3.8) is 0 Å². The van der Waals surface area contributed by atoms with Gasteiger partial charge in [0, 0.05) is 99.1 Å². The Bertz CT molecular complexity index is 2880. The van der Waals surface area contributed by atoms with Gasteiger partial charge in [0.1, 0.15) is 28.8 Å². The van der Waals surface area contributed by atoms with E-state index in [4.69, 9.17) is 9.72 Å². The SMILES string of the molecule is C[C@@]1(O)CCCN(c2nc(OCC3(CN4CCC(CN5CCN(c6ccc7c(c6)CN([C@H]6CCC(=O)NC6=O)C7=O)CC5)CC4)CC3)nc3c(F)c(-c4cc(O)cc5ccc(F)c(F)c45)ncc23)C1. The topological polar surface area (TPSA) is 168 Å². The Morgan fingerprint density at radius 3 is 2.41 bits per heavy atom. The van der Waals surface area contributed by atoms with Gasteiger partial charge in [0.05, 0.1) is 17.6 Å². The number of phenolic OH excluding ortho intramolecular Hbond substituents is 1. The van der Waals surface area contributed by atoms with E-state index in [-0.39, 0.29) is 74.9 Å². The lowest BCUT2D eigenvalue weighted by atomic mass is 9.94. The predicted molar refractivity (Wildman–Crippen MR) is 251 cm³/mol. The summed E-state index contributed by atoms with van der Waals surface area (Å²) in [5.41, 5.74) is 0.959. The molecule has 3 amide bonds. The van der Waals surface area contributed by atoms with Gasteiger partial charge in [-0.05, 0) is 118 Å². The number of benzene rings is 3. The second-order valence-corrected chi connectivity index (χ2v) is 20.5. The highest BCUT2D eigenvalue weighted by atomic mass is 19.2. The van der Waals surface area contributed by atoms with Gasteiger partial charge in [-0.25, -0.2) is 13.2 Å². The maximum atomic E-state index is 16.9. The minimum Gasteiger partial charge on any atom is -0.508 e. The minimum absolute atomic E-state index is 0.0236. The lowest BCUT2D eigenvalue weighted by molar-refractivity contribution is -0.136. The molecule has 5 aliphatic heterocycles. The Hall–Kier alpha value is -6.11. The largest absolute Gasteiger partial charge is 0.508 e. The predicted octanol–water partition coefficient (Wildman–Crippen LogP) is 5.77. The monoisotopic (exact) mass is 947 g/mol. The van der Waals surface area contributed by atoms with Crippen LogP contribution >= 0.6 is 0 Å². The number of pyridine rings is 1. The first-order valence-electron chi connectivity index (χ1n) is 24.2. The van der Waals surface area contributed by atoms with Crippen molar-refractivity contribution in [2.75, 3.05) is 81.9 Å². The van der Waals surface area contributed by atoms with Crippen molar-refractivity contribution < 1.29 is 42.5 Å². The van der Waals surface area contributed by atoms with E-state index >= 15 is 8.78 Å². The van der Waals surface area contributed by atoms with Gasteiger partial charge in [-0.2, -0.15) is 9.97 Å². The third-order valence-electron chi connectivity index (χ3n) is 15.4. The third-order valence-corrected chi connectivity index (χ3v) is 15.4. The number of nitrogens with one attached hydrogen (secondary N) is 1. The molecule has 3 N–H and O–H groups in total. The molecule has 4 saturated heterocycles. The van der Waals surface area contributed by atoms with E-state index < -0.39 is 35.0 Å². The van der Waals surface area contributed by atoms with Gasteiger partial charge in [-0.1, -0.05) is 6.07 Å². The Morgan fingerprint density at radius 2 is 1.65 bits per heavy atom. The van der Waals surface area contributed by atoms with Crippen LogP contribution in [0.15, 0.2) is 48.7 Å². The Labute approximate surface area is 397 Å². The number of likely N-dealkylation sites (tertiary alicyclic amines) is 1. The highest BCUT2D eigenvalue weighted by Gasteiger charge is 2.46. The van der Waals surface area contributed by atoms with E-state index in [0.717, 1.165) is 101 Å². The van der Waals surface area contributed by atoms with Gasteiger partial charge in [0.25, 0.3) is 5.91 Å². The fourth-order valence-corrected chi connectivity index (χ4v) is 11.3. The van der Waals surface area contributed by atoms with E-state index in [2.05, 4.69) is 36.1 Å². The smallest absolute Gasteiger partial charge is 0.319 e. The number of fused-ring (bicyclic) bond motifs is 3. The average Bonchev–Trinajstić information content (AvgIpc) is 4.02. The molecule has 5 fully saturated rings. The van der Waals surface area contributed by atoms with Crippen molar-refractivity contribution in [2.24, 2.45) is 11.3 Å². The number of phenols is 1. The number of halogens is 3. The molecular weight excluding hydrogens is 892 g/mol. The fourth-order valence-electron chi connectivity index (χ4n) is 11.3. The number of hydrogen-bond acceptors (Lipinski definition) is 13. The third kappa shape index (κ3) is 8.90. The van der Waals surface area contributed by atoms with Gasteiger partial charge in [0.2, 0.25) is 11.8 Å². The van der Waals surface area contributed by atoms with Crippen LogP contribution in [-0.4, -0.2) is 141 Å². The lowest BCUT2D eigenvalue weighted by Crippen LogP contribution is -2.52. The summed E-state index contributed by atoms with van der Waals surface area (Å²) in [6.45, 7) is 10.8. The molecule has 0 bridgehead atoms. The molecule has 2 atom stereocenters. The maximum absolute atomic E-state index is 16.9. The molecule has 362 valence electrons. The van der Waals surface area contributed by atoms with Gasteiger partial charge in [-0.15, -0.1) is 0 Å². The van der Waals surface area contributed by atoms with Crippen molar-refractivity contribution >= 4 is 50.9 Å². The number of rotatable bonds is 11. The number of carbonyl (C=O) groups is 3. The summed E-state index contributed by atoms with van der Waals surface area (Å²) in [7, 11) is 0. The van der Waals surface area contributed by atoms with E-state index in [1.807, 2.05) is 17.0 Å². The van der Waals surface area contributed by atoms with Crippen molar-refractivity contribution in [1.82, 2.24) is 35.0 Å². The van der Waals surface area contributed by atoms with Gasteiger partial charge < -0.3 is 34.5 Å². The summed E-state index contributed by atoms with van der Waals surface area (Å²) in [6.07, 6.45) is 7.38. The molecule has 1 saturated carbocycles. The van der Waals surface area contributed by atoms with Crippen LogP contribution in [0.5, 0.6) is 11.8 Å². The molecule has 69 heavy (non-hydrogen) atoms. The number of hydrogen-bond donors (Lipinski definition) is 3. The molecule has 1 aliphatic carbocycles. The van der Waals surface area contributed by atoms with Crippen LogP contribution in [0, 0.1) is 28.8 Å². The van der Waals surface area contributed by atoms with Crippen LogP contribution < -0.4 is 19.9 Å². The van der Waals surface area contributed by atoms with Gasteiger partial charge in [0.15, 0.2) is 17.5 Å². The summed E-state index contributed by atoms with van der Waals surface area (Å²) in [5, 5.41) is 24.2. The molecule has 7 heterocycles. The first-order chi connectivity index (χ1) is 33.2. The second kappa shape index (κ2) is 17.7. The quantitative estimate of drug-likeness (QED) is 0.137. The number of piperidine rings is 3. The first-order valence-corrected chi connectivity index (χ1v) is 24.2. The summed E-state index contributed by atoms with van der Waals surface area (Å²) >= 11 is 0. The van der Waals surface area contributed by atoms with Crippen molar-refractivity contribution in [2.45, 2.75) is 76.5 Å². The number of amides is 3. The maximum Gasteiger partial charge on any atom is 0.319 e. The van der Waals surface area contributed by atoms with Crippen molar-refractivity contribution in [1.29, 1.82) is 0 Å². The normalized spacial score (nSPS) is 23.5. The zero-order valence-electron chi connectivity index (χ0n) is 38.7. The summed E-state index contributed by atoms with van der Waals surface area (Å²) in [5.74, 6) is -3.37. The van der Waals surface area contributed by atoms with Gasteiger partial charge >= 0.3 is 6.01 Å². The number of anilines is 2. The number of piperazine rings is 1. The van der Waals surface area contributed by atoms with Crippen LogP contribution in [-0.2, 0) is 16.1 Å². The summed E-state index contributed by atoms with van der Waals surface area (Å²) in [6, 6.07) is 10.0. The zero-order chi connectivity index (χ0) is 47.8.